The van der Waals surface area contributed by atoms with E-state index in [9.17, 15) is 9.59 Å². The lowest BCUT2D eigenvalue weighted by Gasteiger charge is -2.18. The number of furan rings is 1. The van der Waals surface area contributed by atoms with Crippen LogP contribution in [0.1, 0.15) is 32.4 Å². The summed E-state index contributed by atoms with van der Waals surface area (Å²) in [5, 5.41) is 9.18. The molecule has 0 spiro atoms. The highest BCUT2D eigenvalue weighted by atomic mass is 127. The van der Waals surface area contributed by atoms with Gasteiger partial charge in [-0.15, -0.1) is 24.0 Å². The number of aliphatic imine (C=N–C) groups is 1. The summed E-state index contributed by atoms with van der Waals surface area (Å²) in [6.45, 7) is 6.34. The number of nitrogens with one attached hydrogen (secondary N) is 3. The van der Waals surface area contributed by atoms with Crippen molar-refractivity contribution in [3.8, 4) is 0 Å². The minimum atomic E-state index is -0.178. The molecule has 1 aliphatic rings. The van der Waals surface area contributed by atoms with Crippen molar-refractivity contribution >= 4 is 41.8 Å². The molecule has 1 atom stereocenters. The lowest BCUT2D eigenvalue weighted by molar-refractivity contribution is -0.129. The van der Waals surface area contributed by atoms with Gasteiger partial charge < -0.3 is 25.3 Å². The smallest absolute Gasteiger partial charge is 0.242 e. The molecule has 1 aromatic rings. The molecule has 0 aliphatic carbocycles. The molecule has 1 aliphatic heterocycles. The van der Waals surface area contributed by atoms with Crippen LogP contribution in [-0.2, 0) is 16.1 Å². The first kappa shape index (κ1) is 22.3. The van der Waals surface area contributed by atoms with Gasteiger partial charge in [-0.1, -0.05) is 6.92 Å². The summed E-state index contributed by atoms with van der Waals surface area (Å²) in [6.07, 6.45) is 2.97. The molecule has 26 heavy (non-hydrogen) atoms. The van der Waals surface area contributed by atoms with Crippen molar-refractivity contribution in [1.29, 1.82) is 0 Å². The van der Waals surface area contributed by atoms with Crippen LogP contribution in [0.15, 0.2) is 27.8 Å². The Morgan fingerprint density at radius 2 is 2.15 bits per heavy atom. The standard InChI is InChI=1S/C17H27N5O3.HI/c1-3-16(24)22-8-7-13(12-22)21-17(18-4-2)20-11-15(23)19-10-14-6-5-9-25-14;/h5-6,9,13H,3-4,7-8,10-12H2,1-2H3,(H,19,23)(H2,18,20,21);1H. The first-order chi connectivity index (χ1) is 12.1. The van der Waals surface area contributed by atoms with Crippen LogP contribution < -0.4 is 16.0 Å². The van der Waals surface area contributed by atoms with E-state index >= 15 is 0 Å². The summed E-state index contributed by atoms with van der Waals surface area (Å²) < 4.78 is 5.17. The molecule has 9 heteroatoms. The van der Waals surface area contributed by atoms with E-state index in [1.807, 2.05) is 18.7 Å². The Morgan fingerprint density at radius 3 is 2.81 bits per heavy atom. The summed E-state index contributed by atoms with van der Waals surface area (Å²) in [5.41, 5.74) is 0. The van der Waals surface area contributed by atoms with Gasteiger partial charge in [0.05, 0.1) is 12.8 Å². The fourth-order valence-electron chi connectivity index (χ4n) is 2.65. The van der Waals surface area contributed by atoms with E-state index in [1.165, 1.54) is 0 Å². The minimum Gasteiger partial charge on any atom is -0.467 e. The number of nitrogens with zero attached hydrogens (tertiary/aromatic N) is 2. The molecule has 0 aromatic carbocycles. The lowest BCUT2D eigenvalue weighted by Crippen LogP contribution is -2.45. The predicted octanol–water partition coefficient (Wildman–Crippen LogP) is 1.08. The van der Waals surface area contributed by atoms with Crippen LogP contribution in [0.4, 0.5) is 0 Å². The SMILES string of the molecule is CCNC(=NCC(=O)NCc1ccco1)NC1CCN(C(=O)CC)C1.I. The molecule has 1 saturated heterocycles. The summed E-state index contributed by atoms with van der Waals surface area (Å²) in [5.74, 6) is 1.28. The Labute approximate surface area is 171 Å². The number of likely N-dealkylation sites (tertiary alicyclic amines) is 1. The zero-order chi connectivity index (χ0) is 18.1. The maximum absolute atomic E-state index is 11.9. The Bertz CT molecular complexity index is 591. The van der Waals surface area contributed by atoms with Crippen LogP contribution in [-0.4, -0.2) is 54.9 Å². The molecular formula is C17H28IN5O3. The quantitative estimate of drug-likeness (QED) is 0.310. The fraction of sp³-hybridized carbons (Fsp3) is 0.588. The van der Waals surface area contributed by atoms with Gasteiger partial charge in [0.25, 0.3) is 0 Å². The summed E-state index contributed by atoms with van der Waals surface area (Å²) in [7, 11) is 0. The normalized spacial score (nSPS) is 16.8. The third-order valence-electron chi connectivity index (χ3n) is 3.95. The Balaban J connectivity index is 0.00000338. The van der Waals surface area contributed by atoms with Crippen LogP contribution in [0, 0.1) is 0 Å². The van der Waals surface area contributed by atoms with E-state index in [2.05, 4.69) is 20.9 Å². The number of carbonyl (C=O) groups is 2. The van der Waals surface area contributed by atoms with Crippen LogP contribution in [0.2, 0.25) is 0 Å². The second kappa shape index (κ2) is 11.8. The van der Waals surface area contributed by atoms with Gasteiger partial charge in [-0.05, 0) is 25.5 Å². The van der Waals surface area contributed by atoms with Gasteiger partial charge in [-0.2, -0.15) is 0 Å². The Morgan fingerprint density at radius 1 is 1.35 bits per heavy atom. The molecule has 1 unspecified atom stereocenters. The van der Waals surface area contributed by atoms with Crippen molar-refractivity contribution < 1.29 is 14.0 Å². The van der Waals surface area contributed by atoms with Crippen molar-refractivity contribution in [2.75, 3.05) is 26.2 Å². The first-order valence-corrected chi connectivity index (χ1v) is 8.74. The molecule has 0 radical (unpaired) electrons. The number of guanidine groups is 1. The third kappa shape index (κ3) is 7.22. The maximum Gasteiger partial charge on any atom is 0.242 e. The van der Waals surface area contributed by atoms with Gasteiger partial charge in [0, 0.05) is 32.1 Å². The highest BCUT2D eigenvalue weighted by molar-refractivity contribution is 14.0. The Kier molecular flexibility index (Phi) is 10.1. The number of amides is 2. The second-order valence-electron chi connectivity index (χ2n) is 5.87. The average Bonchev–Trinajstić information content (AvgIpc) is 3.29. The number of rotatable bonds is 7. The van der Waals surface area contributed by atoms with E-state index in [0.717, 1.165) is 13.0 Å². The van der Waals surface area contributed by atoms with Gasteiger partial charge >= 0.3 is 0 Å². The maximum atomic E-state index is 11.9. The fourth-order valence-corrected chi connectivity index (χ4v) is 2.65. The second-order valence-corrected chi connectivity index (χ2v) is 5.87. The van der Waals surface area contributed by atoms with Crippen LogP contribution in [0.25, 0.3) is 0 Å². The van der Waals surface area contributed by atoms with Crippen LogP contribution in [0.5, 0.6) is 0 Å². The molecule has 3 N–H and O–H groups in total. The van der Waals surface area contributed by atoms with Crippen molar-refractivity contribution in [3.63, 3.8) is 0 Å². The number of carbonyl (C=O) groups excluding carboxylic acids is 2. The third-order valence-corrected chi connectivity index (χ3v) is 3.95. The molecular weight excluding hydrogens is 449 g/mol. The van der Waals surface area contributed by atoms with Crippen molar-refractivity contribution in [2.45, 2.75) is 39.3 Å². The zero-order valence-corrected chi connectivity index (χ0v) is 17.6. The molecule has 8 nitrogen and oxygen atoms in total. The molecule has 2 amide bonds. The van der Waals surface area contributed by atoms with Crippen LogP contribution >= 0.6 is 24.0 Å². The topological polar surface area (TPSA) is 99.0 Å². The predicted molar refractivity (Wildman–Crippen MR) is 110 cm³/mol. The average molecular weight is 477 g/mol. The molecule has 0 saturated carbocycles. The first-order valence-electron chi connectivity index (χ1n) is 8.74. The molecule has 2 rings (SSSR count). The van der Waals surface area contributed by atoms with E-state index in [1.54, 1.807) is 18.4 Å². The van der Waals surface area contributed by atoms with Gasteiger partial charge in [-0.25, -0.2) is 4.99 Å². The van der Waals surface area contributed by atoms with E-state index in [4.69, 9.17) is 4.42 Å². The van der Waals surface area contributed by atoms with Crippen LogP contribution in [0.3, 0.4) is 0 Å². The van der Waals surface area contributed by atoms with Gasteiger partial charge in [0.2, 0.25) is 11.8 Å². The summed E-state index contributed by atoms with van der Waals surface area (Å²) >= 11 is 0. The monoisotopic (exact) mass is 477 g/mol. The molecule has 2 heterocycles. The molecule has 1 aromatic heterocycles. The summed E-state index contributed by atoms with van der Waals surface area (Å²) in [6, 6.07) is 3.74. The number of halogens is 1. The van der Waals surface area contributed by atoms with E-state index in [-0.39, 0.29) is 48.4 Å². The van der Waals surface area contributed by atoms with Gasteiger partial charge in [-0.3, -0.25) is 9.59 Å². The van der Waals surface area contributed by atoms with Gasteiger partial charge in [0.1, 0.15) is 12.3 Å². The molecule has 146 valence electrons. The summed E-state index contributed by atoms with van der Waals surface area (Å²) in [4.78, 5) is 29.8. The highest BCUT2D eigenvalue weighted by Crippen LogP contribution is 2.10. The molecule has 1 fully saturated rings. The number of hydrogen-bond acceptors (Lipinski definition) is 4. The van der Waals surface area contributed by atoms with E-state index < -0.39 is 0 Å². The van der Waals surface area contributed by atoms with Crippen molar-refractivity contribution in [2.24, 2.45) is 4.99 Å². The largest absolute Gasteiger partial charge is 0.467 e. The Hall–Kier alpha value is -1.78. The lowest BCUT2D eigenvalue weighted by atomic mass is 10.3. The molecule has 0 bridgehead atoms. The number of hydrogen-bond donors (Lipinski definition) is 3. The van der Waals surface area contributed by atoms with Gasteiger partial charge in [0.15, 0.2) is 5.96 Å². The van der Waals surface area contributed by atoms with Crippen molar-refractivity contribution in [3.05, 3.63) is 24.2 Å². The van der Waals surface area contributed by atoms with Crippen molar-refractivity contribution in [1.82, 2.24) is 20.9 Å². The van der Waals surface area contributed by atoms with E-state index in [0.29, 0.717) is 37.8 Å². The minimum absolute atomic E-state index is 0. The highest BCUT2D eigenvalue weighted by Gasteiger charge is 2.25. The zero-order valence-electron chi connectivity index (χ0n) is 15.3.